The van der Waals surface area contributed by atoms with Crippen LogP contribution in [0, 0.1) is 5.41 Å². The molecule has 0 radical (unpaired) electrons. The predicted octanol–water partition coefficient (Wildman–Crippen LogP) is 1.26. The third-order valence-electron chi connectivity index (χ3n) is 2.11. The van der Waals surface area contributed by atoms with E-state index in [1.807, 2.05) is 6.92 Å². The second kappa shape index (κ2) is 4.55. The van der Waals surface area contributed by atoms with Crippen LogP contribution in [-0.2, 0) is 6.54 Å². The molecule has 0 saturated heterocycles. The topological polar surface area (TPSA) is 72.9 Å². The molecule has 1 amide bonds. The van der Waals surface area contributed by atoms with E-state index in [1.165, 1.54) is 0 Å². The van der Waals surface area contributed by atoms with Crippen LogP contribution in [0.1, 0.15) is 38.2 Å². The van der Waals surface area contributed by atoms with Crippen molar-refractivity contribution < 1.29 is 4.79 Å². The minimum absolute atomic E-state index is 0.0533. The molecule has 5 nitrogen and oxygen atoms in total. The maximum atomic E-state index is 11.8. The van der Waals surface area contributed by atoms with E-state index in [2.05, 4.69) is 31.2 Å². The van der Waals surface area contributed by atoms with Crippen molar-refractivity contribution in [2.75, 3.05) is 12.3 Å². The van der Waals surface area contributed by atoms with E-state index in [0.29, 0.717) is 24.5 Å². The zero-order chi connectivity index (χ0) is 12.3. The molecule has 3 N–H and O–H groups in total. The Hall–Kier alpha value is -1.52. The Labute approximate surface area is 96.0 Å². The summed E-state index contributed by atoms with van der Waals surface area (Å²) < 4.78 is 1.65. The first kappa shape index (κ1) is 12.5. The predicted molar refractivity (Wildman–Crippen MR) is 64.1 cm³/mol. The van der Waals surface area contributed by atoms with E-state index in [0.717, 1.165) is 0 Å². The quantitative estimate of drug-likeness (QED) is 0.811. The van der Waals surface area contributed by atoms with Crippen LogP contribution >= 0.6 is 0 Å². The van der Waals surface area contributed by atoms with Crippen molar-refractivity contribution in [3.8, 4) is 0 Å². The molecule has 0 aliphatic carbocycles. The van der Waals surface area contributed by atoms with Gasteiger partial charge < -0.3 is 11.1 Å². The summed E-state index contributed by atoms with van der Waals surface area (Å²) >= 11 is 0. The van der Waals surface area contributed by atoms with E-state index >= 15 is 0 Å². The van der Waals surface area contributed by atoms with Crippen LogP contribution < -0.4 is 11.1 Å². The van der Waals surface area contributed by atoms with Crippen molar-refractivity contribution >= 4 is 11.6 Å². The molecule has 1 aromatic heterocycles. The van der Waals surface area contributed by atoms with Crippen molar-refractivity contribution in [3.05, 3.63) is 11.9 Å². The third kappa shape index (κ3) is 3.25. The van der Waals surface area contributed by atoms with Crippen molar-refractivity contribution in [1.29, 1.82) is 0 Å². The monoisotopic (exact) mass is 224 g/mol. The lowest BCUT2D eigenvalue weighted by Gasteiger charge is -2.18. The third-order valence-corrected chi connectivity index (χ3v) is 2.11. The van der Waals surface area contributed by atoms with Crippen LogP contribution in [0.3, 0.4) is 0 Å². The highest BCUT2D eigenvalue weighted by Crippen LogP contribution is 2.12. The van der Waals surface area contributed by atoms with Gasteiger partial charge >= 0.3 is 0 Å². The number of nitrogens with zero attached hydrogens (tertiary/aromatic N) is 2. The number of nitrogens with one attached hydrogen (secondary N) is 1. The number of hydrogen-bond donors (Lipinski definition) is 2. The van der Waals surface area contributed by atoms with E-state index in [1.54, 1.807) is 10.9 Å². The lowest BCUT2D eigenvalue weighted by molar-refractivity contribution is 0.0934. The van der Waals surface area contributed by atoms with Gasteiger partial charge in [0.2, 0.25) is 0 Å². The summed E-state index contributed by atoms with van der Waals surface area (Å²) in [5, 5.41) is 6.93. The van der Waals surface area contributed by atoms with E-state index < -0.39 is 0 Å². The Morgan fingerprint density at radius 3 is 2.62 bits per heavy atom. The molecule has 1 rings (SSSR count). The van der Waals surface area contributed by atoms with Gasteiger partial charge in [-0.3, -0.25) is 9.48 Å². The number of rotatable bonds is 3. The van der Waals surface area contributed by atoms with Gasteiger partial charge in [0.15, 0.2) is 5.69 Å². The Morgan fingerprint density at radius 2 is 2.19 bits per heavy atom. The molecular weight excluding hydrogens is 204 g/mol. The number of anilines is 1. The molecule has 0 atom stereocenters. The van der Waals surface area contributed by atoms with Crippen LogP contribution in [0.5, 0.6) is 0 Å². The zero-order valence-electron chi connectivity index (χ0n) is 10.4. The fraction of sp³-hybridized carbons (Fsp3) is 0.636. The van der Waals surface area contributed by atoms with Gasteiger partial charge in [-0.1, -0.05) is 20.8 Å². The van der Waals surface area contributed by atoms with Crippen LogP contribution in [0.25, 0.3) is 0 Å². The van der Waals surface area contributed by atoms with Gasteiger partial charge in [0.1, 0.15) is 0 Å². The molecule has 0 unspecified atom stereocenters. The molecule has 5 heteroatoms. The molecule has 1 heterocycles. The standard InChI is InChI=1S/C11H20N4O/c1-5-15-6-8(12)9(14-15)10(16)13-7-11(2,3)4/h6H,5,7,12H2,1-4H3,(H,13,16). The second-order valence-corrected chi connectivity index (χ2v) is 5.03. The summed E-state index contributed by atoms with van der Waals surface area (Å²) in [6.07, 6.45) is 1.67. The number of nitrogen functional groups attached to an aromatic ring is 1. The number of hydrogen-bond acceptors (Lipinski definition) is 3. The fourth-order valence-corrected chi connectivity index (χ4v) is 1.20. The van der Waals surface area contributed by atoms with Crippen LogP contribution in [-0.4, -0.2) is 22.2 Å². The van der Waals surface area contributed by atoms with Crippen LogP contribution in [0.15, 0.2) is 6.20 Å². The average Bonchev–Trinajstić information content (AvgIpc) is 2.55. The lowest BCUT2D eigenvalue weighted by atomic mass is 9.97. The van der Waals surface area contributed by atoms with Gasteiger partial charge in [-0.2, -0.15) is 5.10 Å². The fourth-order valence-electron chi connectivity index (χ4n) is 1.20. The molecule has 1 aromatic rings. The molecular formula is C11H20N4O. The molecule has 0 aliphatic heterocycles. The van der Waals surface area contributed by atoms with Crippen molar-refractivity contribution in [2.45, 2.75) is 34.2 Å². The summed E-state index contributed by atoms with van der Waals surface area (Å²) in [7, 11) is 0. The molecule has 90 valence electrons. The maximum Gasteiger partial charge on any atom is 0.273 e. The van der Waals surface area contributed by atoms with Gasteiger partial charge in [0.05, 0.1) is 5.69 Å². The Bertz CT molecular complexity index is 376. The van der Waals surface area contributed by atoms with Crippen molar-refractivity contribution in [3.63, 3.8) is 0 Å². The lowest BCUT2D eigenvalue weighted by Crippen LogP contribution is -2.32. The van der Waals surface area contributed by atoms with Gasteiger partial charge in [0.25, 0.3) is 5.91 Å². The van der Waals surface area contributed by atoms with E-state index in [9.17, 15) is 4.79 Å². The number of aryl methyl sites for hydroxylation is 1. The number of amides is 1. The first-order chi connectivity index (χ1) is 7.33. The Morgan fingerprint density at radius 1 is 1.56 bits per heavy atom. The van der Waals surface area contributed by atoms with Crippen LogP contribution in [0.2, 0.25) is 0 Å². The zero-order valence-corrected chi connectivity index (χ0v) is 10.4. The molecule has 16 heavy (non-hydrogen) atoms. The SMILES string of the molecule is CCn1cc(N)c(C(=O)NCC(C)(C)C)n1. The van der Waals surface area contributed by atoms with E-state index in [-0.39, 0.29) is 11.3 Å². The molecule has 0 spiro atoms. The minimum Gasteiger partial charge on any atom is -0.396 e. The number of nitrogens with two attached hydrogens (primary N) is 1. The van der Waals surface area contributed by atoms with Crippen LogP contribution in [0.4, 0.5) is 5.69 Å². The van der Waals surface area contributed by atoms with Gasteiger partial charge in [-0.15, -0.1) is 0 Å². The highest BCUT2D eigenvalue weighted by Gasteiger charge is 2.17. The van der Waals surface area contributed by atoms with Gasteiger partial charge in [0, 0.05) is 19.3 Å². The minimum atomic E-state index is -0.209. The first-order valence-corrected chi connectivity index (χ1v) is 5.44. The normalized spacial score (nSPS) is 11.5. The average molecular weight is 224 g/mol. The highest BCUT2D eigenvalue weighted by atomic mass is 16.2. The number of carbonyl (C=O) groups excluding carboxylic acids is 1. The number of aromatic nitrogens is 2. The summed E-state index contributed by atoms with van der Waals surface area (Å²) in [4.78, 5) is 11.8. The first-order valence-electron chi connectivity index (χ1n) is 5.44. The smallest absolute Gasteiger partial charge is 0.273 e. The number of carbonyl (C=O) groups is 1. The Kier molecular flexibility index (Phi) is 3.57. The van der Waals surface area contributed by atoms with Gasteiger partial charge in [-0.05, 0) is 12.3 Å². The summed E-state index contributed by atoms with van der Waals surface area (Å²) in [6, 6.07) is 0. The molecule has 0 saturated carbocycles. The highest BCUT2D eigenvalue weighted by molar-refractivity contribution is 5.96. The molecule has 0 fully saturated rings. The van der Waals surface area contributed by atoms with Crippen molar-refractivity contribution in [2.24, 2.45) is 5.41 Å². The van der Waals surface area contributed by atoms with Crippen molar-refractivity contribution in [1.82, 2.24) is 15.1 Å². The molecule has 0 bridgehead atoms. The Balaban J connectivity index is 2.69. The maximum absolute atomic E-state index is 11.8. The summed E-state index contributed by atoms with van der Waals surface area (Å²) in [6.45, 7) is 9.42. The molecule has 0 aromatic carbocycles. The van der Waals surface area contributed by atoms with E-state index in [4.69, 9.17) is 5.73 Å². The molecule has 0 aliphatic rings. The summed E-state index contributed by atoms with van der Waals surface area (Å²) in [5.41, 5.74) is 6.50. The summed E-state index contributed by atoms with van der Waals surface area (Å²) in [5.74, 6) is -0.209. The second-order valence-electron chi connectivity index (χ2n) is 5.03. The van der Waals surface area contributed by atoms with Gasteiger partial charge in [-0.25, -0.2) is 0 Å². The largest absolute Gasteiger partial charge is 0.396 e.